The van der Waals surface area contributed by atoms with Crippen molar-refractivity contribution in [3.05, 3.63) is 26.8 Å². The smallest absolute Gasteiger partial charge is 0.0729 e. The van der Waals surface area contributed by atoms with E-state index in [0.717, 1.165) is 23.9 Å². The van der Waals surface area contributed by atoms with Crippen molar-refractivity contribution in [3.63, 3.8) is 0 Å². The monoisotopic (exact) mass is 309 g/mol. The molecule has 2 nitrogen and oxygen atoms in total. The zero-order valence-electron chi connectivity index (χ0n) is 6.89. The zero-order valence-corrected chi connectivity index (χ0v) is 9.80. The van der Waals surface area contributed by atoms with Gasteiger partial charge in [0.05, 0.1) is 19.3 Å². The van der Waals surface area contributed by atoms with Gasteiger partial charge in [-0.05, 0) is 40.8 Å². The number of halogens is 2. The molecule has 1 aliphatic rings. The van der Waals surface area contributed by atoms with E-state index in [2.05, 4.69) is 27.9 Å². The minimum Gasteiger partial charge on any atom is -0.377 e. The molecule has 1 saturated heterocycles. The summed E-state index contributed by atoms with van der Waals surface area (Å²) in [6.07, 6.45) is 0. The molecule has 0 saturated carbocycles. The van der Waals surface area contributed by atoms with E-state index in [-0.39, 0.29) is 0 Å². The number of hydrogen-bond acceptors (Lipinski definition) is 2. The molecular weight excluding hydrogens is 300 g/mol. The van der Waals surface area contributed by atoms with Gasteiger partial charge in [0, 0.05) is 14.3 Å². The third-order valence-electron chi connectivity index (χ3n) is 1.93. The Labute approximate surface area is 95.7 Å². The Morgan fingerprint density at radius 3 is 2.85 bits per heavy atom. The lowest BCUT2D eigenvalue weighted by Gasteiger charge is -2.28. The van der Waals surface area contributed by atoms with Gasteiger partial charge in [0.15, 0.2) is 0 Å². The molecule has 0 spiro atoms. The zero-order chi connectivity index (χ0) is 9.26. The molecule has 0 bridgehead atoms. The summed E-state index contributed by atoms with van der Waals surface area (Å²) in [5.41, 5.74) is 1.10. The highest BCUT2D eigenvalue weighted by atomic mass is 127. The van der Waals surface area contributed by atoms with Crippen LogP contribution in [0.1, 0.15) is 0 Å². The lowest BCUT2D eigenvalue weighted by atomic mass is 10.2. The van der Waals surface area contributed by atoms with Crippen molar-refractivity contribution < 1.29 is 4.74 Å². The highest BCUT2D eigenvalue weighted by molar-refractivity contribution is 14.1. The van der Waals surface area contributed by atoms with Crippen LogP contribution in [0.2, 0.25) is 5.02 Å². The van der Waals surface area contributed by atoms with E-state index in [1.165, 1.54) is 3.57 Å². The first kappa shape index (κ1) is 9.55. The van der Waals surface area contributed by atoms with Crippen LogP contribution in [-0.2, 0) is 4.74 Å². The topological polar surface area (TPSA) is 21.3 Å². The summed E-state index contributed by atoms with van der Waals surface area (Å²) in [4.78, 5) is 0. The summed E-state index contributed by atoms with van der Waals surface area (Å²) in [6.45, 7) is 1.59. The maximum atomic E-state index is 5.89. The number of hydrogen-bond donors (Lipinski definition) is 1. The molecule has 0 atom stereocenters. The molecule has 70 valence electrons. The van der Waals surface area contributed by atoms with Crippen molar-refractivity contribution in [2.75, 3.05) is 18.5 Å². The second-order valence-corrected chi connectivity index (χ2v) is 4.60. The molecule has 0 amide bonds. The van der Waals surface area contributed by atoms with Gasteiger partial charge in [0.25, 0.3) is 0 Å². The van der Waals surface area contributed by atoms with Crippen molar-refractivity contribution in [1.29, 1.82) is 0 Å². The average Bonchev–Trinajstić information content (AvgIpc) is 2.03. The van der Waals surface area contributed by atoms with Crippen molar-refractivity contribution in [3.8, 4) is 0 Å². The largest absolute Gasteiger partial charge is 0.377 e. The Balaban J connectivity index is 2.13. The molecular formula is C9H9ClINO. The number of anilines is 1. The summed E-state index contributed by atoms with van der Waals surface area (Å²) < 4.78 is 6.27. The third kappa shape index (κ3) is 2.27. The summed E-state index contributed by atoms with van der Waals surface area (Å²) in [6, 6.07) is 6.30. The number of nitrogens with one attached hydrogen (secondary N) is 1. The summed E-state index contributed by atoms with van der Waals surface area (Å²) >= 11 is 8.18. The van der Waals surface area contributed by atoms with Gasteiger partial charge in [0.2, 0.25) is 0 Å². The van der Waals surface area contributed by atoms with E-state index in [1.807, 2.05) is 18.2 Å². The summed E-state index contributed by atoms with van der Waals surface area (Å²) in [5.74, 6) is 0. The van der Waals surface area contributed by atoms with Gasteiger partial charge >= 0.3 is 0 Å². The molecule has 0 aliphatic carbocycles. The predicted molar refractivity (Wildman–Crippen MR) is 62.4 cm³/mol. The molecule has 1 heterocycles. The molecule has 0 radical (unpaired) electrons. The SMILES string of the molecule is Clc1ccc(I)c(NC2COC2)c1. The fourth-order valence-corrected chi connectivity index (χ4v) is 1.81. The molecule has 4 heteroatoms. The lowest BCUT2D eigenvalue weighted by molar-refractivity contribution is 0.0211. The molecule has 1 aromatic rings. The van der Waals surface area contributed by atoms with Crippen LogP contribution in [0.3, 0.4) is 0 Å². The second kappa shape index (κ2) is 4.02. The highest BCUT2D eigenvalue weighted by Gasteiger charge is 2.18. The summed E-state index contributed by atoms with van der Waals surface area (Å²) in [7, 11) is 0. The van der Waals surface area contributed by atoms with Crippen LogP contribution in [0.25, 0.3) is 0 Å². The Kier molecular flexibility index (Phi) is 2.96. The number of benzene rings is 1. The first-order chi connectivity index (χ1) is 6.25. The van der Waals surface area contributed by atoms with E-state index >= 15 is 0 Å². The van der Waals surface area contributed by atoms with Crippen molar-refractivity contribution in [2.24, 2.45) is 0 Å². The fraction of sp³-hybridized carbons (Fsp3) is 0.333. The first-order valence-corrected chi connectivity index (χ1v) is 5.51. The maximum absolute atomic E-state index is 5.89. The van der Waals surface area contributed by atoms with E-state index < -0.39 is 0 Å². The molecule has 0 aromatic heterocycles. The first-order valence-electron chi connectivity index (χ1n) is 4.05. The summed E-state index contributed by atoms with van der Waals surface area (Å²) in [5, 5.41) is 4.14. The Hall–Kier alpha value is -0.0000000000000000833. The van der Waals surface area contributed by atoms with Gasteiger partial charge in [-0.25, -0.2) is 0 Å². The minimum absolute atomic E-state index is 0.451. The number of rotatable bonds is 2. The Morgan fingerprint density at radius 1 is 1.46 bits per heavy atom. The second-order valence-electron chi connectivity index (χ2n) is 3.00. The van der Waals surface area contributed by atoms with Gasteiger partial charge in [-0.3, -0.25) is 0 Å². The van der Waals surface area contributed by atoms with E-state index in [1.54, 1.807) is 0 Å². The fourth-order valence-electron chi connectivity index (χ4n) is 1.15. The number of ether oxygens (including phenoxy) is 1. The van der Waals surface area contributed by atoms with E-state index in [0.29, 0.717) is 6.04 Å². The van der Waals surface area contributed by atoms with Gasteiger partial charge in [-0.15, -0.1) is 0 Å². The third-order valence-corrected chi connectivity index (χ3v) is 3.10. The molecule has 1 aromatic carbocycles. The van der Waals surface area contributed by atoms with Gasteiger partial charge in [-0.1, -0.05) is 11.6 Å². The van der Waals surface area contributed by atoms with Crippen molar-refractivity contribution >= 4 is 39.9 Å². The minimum atomic E-state index is 0.451. The molecule has 2 rings (SSSR count). The van der Waals surface area contributed by atoms with Crippen molar-refractivity contribution in [1.82, 2.24) is 0 Å². The van der Waals surface area contributed by atoms with Crippen LogP contribution in [-0.4, -0.2) is 19.3 Å². The Bertz CT molecular complexity index is 314. The van der Waals surface area contributed by atoms with Crippen molar-refractivity contribution in [2.45, 2.75) is 6.04 Å². The molecule has 0 unspecified atom stereocenters. The van der Waals surface area contributed by atoms with E-state index in [4.69, 9.17) is 16.3 Å². The standard InChI is InChI=1S/C9H9ClINO/c10-6-1-2-8(11)9(3-6)12-7-4-13-5-7/h1-3,7,12H,4-5H2. The predicted octanol–water partition coefficient (Wildman–Crippen LogP) is 2.76. The highest BCUT2D eigenvalue weighted by Crippen LogP contribution is 2.24. The molecule has 13 heavy (non-hydrogen) atoms. The normalized spacial score (nSPS) is 16.8. The van der Waals surface area contributed by atoms with Gasteiger partial charge < -0.3 is 10.1 Å². The van der Waals surface area contributed by atoms with Crippen LogP contribution in [0.15, 0.2) is 18.2 Å². The quantitative estimate of drug-likeness (QED) is 0.848. The van der Waals surface area contributed by atoms with Crippen LogP contribution >= 0.6 is 34.2 Å². The van der Waals surface area contributed by atoms with Crippen LogP contribution in [0.4, 0.5) is 5.69 Å². The molecule has 1 fully saturated rings. The van der Waals surface area contributed by atoms with Gasteiger partial charge in [0.1, 0.15) is 0 Å². The molecule has 1 N–H and O–H groups in total. The Morgan fingerprint density at radius 2 is 2.23 bits per heavy atom. The van der Waals surface area contributed by atoms with Gasteiger partial charge in [-0.2, -0.15) is 0 Å². The molecule has 1 aliphatic heterocycles. The van der Waals surface area contributed by atoms with Crippen LogP contribution in [0, 0.1) is 3.57 Å². The van der Waals surface area contributed by atoms with E-state index in [9.17, 15) is 0 Å². The van der Waals surface area contributed by atoms with Crippen LogP contribution in [0.5, 0.6) is 0 Å². The van der Waals surface area contributed by atoms with Crippen LogP contribution < -0.4 is 5.32 Å². The average molecular weight is 310 g/mol. The maximum Gasteiger partial charge on any atom is 0.0729 e. The lowest BCUT2D eigenvalue weighted by Crippen LogP contribution is -2.40.